The number of aromatic nitrogens is 3. The smallest absolute Gasteiger partial charge is 0.138 e. The number of nitrogens with zero attached hydrogens (tertiary/aromatic N) is 3. The van der Waals surface area contributed by atoms with Crippen LogP contribution in [-0.4, -0.2) is 27.9 Å². The molecule has 16 heavy (non-hydrogen) atoms. The molecule has 0 spiro atoms. The Morgan fingerprint density at radius 1 is 1.38 bits per heavy atom. The minimum Gasteiger partial charge on any atom is -0.316 e. The molecule has 0 fully saturated rings. The van der Waals surface area contributed by atoms with Crippen molar-refractivity contribution in [2.45, 2.75) is 46.6 Å². The summed E-state index contributed by atoms with van der Waals surface area (Å²) < 4.78 is 2.02. The van der Waals surface area contributed by atoms with Gasteiger partial charge in [0, 0.05) is 13.0 Å². The van der Waals surface area contributed by atoms with Crippen molar-refractivity contribution in [1.29, 1.82) is 0 Å². The maximum Gasteiger partial charge on any atom is 0.138 e. The summed E-state index contributed by atoms with van der Waals surface area (Å²) in [7, 11) is 0. The molecule has 0 aliphatic heterocycles. The molecule has 0 aromatic carbocycles. The lowest BCUT2D eigenvalue weighted by Crippen LogP contribution is -2.24. The second kappa shape index (κ2) is 7.39. The highest BCUT2D eigenvalue weighted by atomic mass is 15.3. The minimum atomic E-state index is 0.617. The van der Waals surface area contributed by atoms with E-state index in [1.807, 2.05) is 4.68 Å². The number of hydrogen-bond donors (Lipinski definition) is 1. The second-order valence-corrected chi connectivity index (χ2v) is 4.41. The predicted molar refractivity (Wildman–Crippen MR) is 66.3 cm³/mol. The van der Waals surface area contributed by atoms with E-state index in [9.17, 15) is 0 Å². The highest BCUT2D eigenvalue weighted by Crippen LogP contribution is 2.05. The third-order valence-corrected chi connectivity index (χ3v) is 2.58. The fraction of sp³-hybridized carbons (Fsp3) is 0.833. The van der Waals surface area contributed by atoms with E-state index in [-0.39, 0.29) is 0 Å². The number of rotatable bonds is 8. The zero-order valence-corrected chi connectivity index (χ0v) is 10.7. The molecule has 0 saturated carbocycles. The second-order valence-electron chi connectivity index (χ2n) is 4.41. The molecule has 0 radical (unpaired) electrons. The minimum absolute atomic E-state index is 0.617. The van der Waals surface area contributed by atoms with Crippen LogP contribution < -0.4 is 5.32 Å². The van der Waals surface area contributed by atoms with Crippen LogP contribution in [0.2, 0.25) is 0 Å². The van der Waals surface area contributed by atoms with Gasteiger partial charge in [0.15, 0.2) is 0 Å². The summed E-state index contributed by atoms with van der Waals surface area (Å²) in [5.41, 5.74) is 0. The maximum absolute atomic E-state index is 4.33. The molecule has 1 aromatic rings. The van der Waals surface area contributed by atoms with Gasteiger partial charge in [0.1, 0.15) is 12.2 Å². The van der Waals surface area contributed by atoms with E-state index in [4.69, 9.17) is 0 Å². The first-order valence-electron chi connectivity index (χ1n) is 6.35. The standard InChI is InChI=1S/C12H24N4/c1-4-6-13-9-11(3)8-12-14-10-15-16(12)7-5-2/h10-11,13H,4-9H2,1-3H3. The first kappa shape index (κ1) is 13.2. The summed E-state index contributed by atoms with van der Waals surface area (Å²) in [6.07, 6.45) is 4.98. The lowest BCUT2D eigenvalue weighted by molar-refractivity contribution is 0.475. The highest BCUT2D eigenvalue weighted by molar-refractivity contribution is 4.86. The molecule has 0 bridgehead atoms. The fourth-order valence-corrected chi connectivity index (χ4v) is 1.75. The van der Waals surface area contributed by atoms with Crippen LogP contribution in [0.15, 0.2) is 6.33 Å². The van der Waals surface area contributed by atoms with Crippen molar-refractivity contribution in [3.63, 3.8) is 0 Å². The molecule has 0 amide bonds. The molecule has 1 aromatic heterocycles. The van der Waals surface area contributed by atoms with Crippen molar-refractivity contribution in [3.05, 3.63) is 12.2 Å². The average molecular weight is 224 g/mol. The lowest BCUT2D eigenvalue weighted by atomic mass is 10.1. The summed E-state index contributed by atoms with van der Waals surface area (Å²) in [6, 6.07) is 0. The molecule has 4 heteroatoms. The molecule has 0 saturated heterocycles. The first-order chi connectivity index (χ1) is 7.77. The molecular formula is C12H24N4. The van der Waals surface area contributed by atoms with Crippen molar-refractivity contribution in [3.8, 4) is 0 Å². The first-order valence-corrected chi connectivity index (χ1v) is 6.35. The third kappa shape index (κ3) is 4.31. The molecule has 0 aliphatic rings. The summed E-state index contributed by atoms with van der Waals surface area (Å²) in [4.78, 5) is 4.33. The van der Waals surface area contributed by atoms with Crippen LogP contribution in [-0.2, 0) is 13.0 Å². The molecule has 0 aliphatic carbocycles. The van der Waals surface area contributed by atoms with Gasteiger partial charge in [-0.2, -0.15) is 5.10 Å². The van der Waals surface area contributed by atoms with Crippen molar-refractivity contribution < 1.29 is 0 Å². The van der Waals surface area contributed by atoms with Gasteiger partial charge in [0.25, 0.3) is 0 Å². The van der Waals surface area contributed by atoms with E-state index in [0.29, 0.717) is 5.92 Å². The van der Waals surface area contributed by atoms with Crippen molar-refractivity contribution in [2.24, 2.45) is 5.92 Å². The molecule has 1 atom stereocenters. The van der Waals surface area contributed by atoms with Crippen LogP contribution in [0.4, 0.5) is 0 Å². The van der Waals surface area contributed by atoms with Gasteiger partial charge in [0.2, 0.25) is 0 Å². The summed E-state index contributed by atoms with van der Waals surface area (Å²) in [5, 5.41) is 7.68. The van der Waals surface area contributed by atoms with Crippen LogP contribution in [0.5, 0.6) is 0 Å². The van der Waals surface area contributed by atoms with Gasteiger partial charge in [0.05, 0.1) is 0 Å². The summed E-state index contributed by atoms with van der Waals surface area (Å²) in [6.45, 7) is 9.75. The fourth-order valence-electron chi connectivity index (χ4n) is 1.75. The summed E-state index contributed by atoms with van der Waals surface area (Å²) in [5.74, 6) is 1.74. The van der Waals surface area contributed by atoms with Gasteiger partial charge < -0.3 is 5.32 Å². The summed E-state index contributed by atoms with van der Waals surface area (Å²) >= 11 is 0. The lowest BCUT2D eigenvalue weighted by Gasteiger charge is -2.12. The van der Waals surface area contributed by atoms with Gasteiger partial charge in [-0.05, 0) is 31.8 Å². The Balaban J connectivity index is 2.36. The van der Waals surface area contributed by atoms with E-state index in [1.54, 1.807) is 6.33 Å². The Bertz CT molecular complexity index is 282. The normalized spacial score (nSPS) is 12.9. The zero-order chi connectivity index (χ0) is 11.8. The van der Waals surface area contributed by atoms with Crippen LogP contribution in [0.25, 0.3) is 0 Å². The van der Waals surface area contributed by atoms with E-state index in [1.165, 1.54) is 6.42 Å². The van der Waals surface area contributed by atoms with E-state index in [0.717, 1.165) is 38.3 Å². The Kier molecular flexibility index (Phi) is 6.08. The molecule has 1 heterocycles. The van der Waals surface area contributed by atoms with Gasteiger partial charge >= 0.3 is 0 Å². The van der Waals surface area contributed by atoms with Crippen LogP contribution >= 0.6 is 0 Å². The van der Waals surface area contributed by atoms with E-state index in [2.05, 4.69) is 36.2 Å². The van der Waals surface area contributed by atoms with Gasteiger partial charge in [-0.25, -0.2) is 4.98 Å². The molecule has 1 N–H and O–H groups in total. The zero-order valence-electron chi connectivity index (χ0n) is 10.7. The van der Waals surface area contributed by atoms with Gasteiger partial charge in [-0.1, -0.05) is 20.8 Å². The van der Waals surface area contributed by atoms with Crippen LogP contribution in [0, 0.1) is 5.92 Å². The molecule has 4 nitrogen and oxygen atoms in total. The monoisotopic (exact) mass is 224 g/mol. The molecule has 92 valence electrons. The number of aryl methyl sites for hydroxylation is 1. The van der Waals surface area contributed by atoms with Crippen LogP contribution in [0.3, 0.4) is 0 Å². The Morgan fingerprint density at radius 2 is 2.19 bits per heavy atom. The average Bonchev–Trinajstić information content (AvgIpc) is 2.67. The van der Waals surface area contributed by atoms with Crippen molar-refractivity contribution in [2.75, 3.05) is 13.1 Å². The van der Waals surface area contributed by atoms with Crippen LogP contribution in [0.1, 0.15) is 39.4 Å². The van der Waals surface area contributed by atoms with Gasteiger partial charge in [-0.3, -0.25) is 4.68 Å². The Labute approximate surface area is 98.5 Å². The highest BCUT2D eigenvalue weighted by Gasteiger charge is 2.08. The number of hydrogen-bond acceptors (Lipinski definition) is 3. The Hall–Kier alpha value is -0.900. The maximum atomic E-state index is 4.33. The predicted octanol–water partition coefficient (Wildman–Crippen LogP) is 1.87. The largest absolute Gasteiger partial charge is 0.316 e. The molecular weight excluding hydrogens is 200 g/mol. The quantitative estimate of drug-likeness (QED) is 0.685. The van der Waals surface area contributed by atoms with Gasteiger partial charge in [-0.15, -0.1) is 0 Å². The topological polar surface area (TPSA) is 42.7 Å². The van der Waals surface area contributed by atoms with Crippen molar-refractivity contribution >= 4 is 0 Å². The number of nitrogens with one attached hydrogen (secondary N) is 1. The Morgan fingerprint density at radius 3 is 2.88 bits per heavy atom. The third-order valence-electron chi connectivity index (χ3n) is 2.58. The molecule has 1 rings (SSSR count). The van der Waals surface area contributed by atoms with E-state index >= 15 is 0 Å². The van der Waals surface area contributed by atoms with E-state index < -0.39 is 0 Å². The SMILES string of the molecule is CCCNCC(C)Cc1ncnn1CCC. The van der Waals surface area contributed by atoms with Crippen molar-refractivity contribution in [1.82, 2.24) is 20.1 Å². The molecule has 1 unspecified atom stereocenters.